The SMILES string of the molecule is CC(C)(C)c1ccccc1NS(=O)(=O)c1ccccc1F. The van der Waals surface area contributed by atoms with Crippen LogP contribution in [-0.2, 0) is 15.4 Å². The van der Waals surface area contributed by atoms with Crippen molar-refractivity contribution in [2.75, 3.05) is 4.72 Å². The largest absolute Gasteiger partial charge is 0.279 e. The molecule has 2 aromatic rings. The maximum absolute atomic E-state index is 13.7. The number of benzene rings is 2. The van der Waals surface area contributed by atoms with Gasteiger partial charge in [-0.25, -0.2) is 12.8 Å². The fourth-order valence-electron chi connectivity index (χ4n) is 2.09. The van der Waals surface area contributed by atoms with E-state index in [0.29, 0.717) is 5.69 Å². The molecule has 0 saturated heterocycles. The molecule has 0 aliphatic rings. The molecule has 0 aliphatic carbocycles. The highest BCUT2D eigenvalue weighted by Crippen LogP contribution is 2.30. The van der Waals surface area contributed by atoms with E-state index in [-0.39, 0.29) is 10.3 Å². The predicted molar refractivity (Wildman–Crippen MR) is 82.4 cm³/mol. The zero-order valence-electron chi connectivity index (χ0n) is 12.2. The Bertz CT molecular complexity index is 749. The van der Waals surface area contributed by atoms with Crippen molar-refractivity contribution >= 4 is 15.7 Å². The summed E-state index contributed by atoms with van der Waals surface area (Å²) in [6.45, 7) is 5.97. The van der Waals surface area contributed by atoms with Crippen molar-refractivity contribution in [2.24, 2.45) is 0 Å². The zero-order chi connectivity index (χ0) is 15.7. The minimum Gasteiger partial charge on any atom is -0.279 e. The van der Waals surface area contributed by atoms with Crippen LogP contribution in [0.5, 0.6) is 0 Å². The van der Waals surface area contributed by atoms with Gasteiger partial charge in [0.15, 0.2) is 0 Å². The van der Waals surface area contributed by atoms with Gasteiger partial charge in [0.1, 0.15) is 10.7 Å². The molecule has 112 valence electrons. The number of anilines is 1. The van der Waals surface area contributed by atoms with Crippen molar-refractivity contribution in [3.63, 3.8) is 0 Å². The third-order valence-corrected chi connectivity index (χ3v) is 4.50. The number of halogens is 1. The van der Waals surface area contributed by atoms with Crippen LogP contribution in [0.15, 0.2) is 53.4 Å². The Kier molecular flexibility index (Phi) is 4.05. The van der Waals surface area contributed by atoms with Gasteiger partial charge in [0.25, 0.3) is 10.0 Å². The summed E-state index contributed by atoms with van der Waals surface area (Å²) >= 11 is 0. The summed E-state index contributed by atoms with van der Waals surface area (Å²) in [7, 11) is -3.95. The molecule has 0 fully saturated rings. The maximum atomic E-state index is 13.7. The minimum absolute atomic E-state index is 0.228. The number of hydrogen-bond donors (Lipinski definition) is 1. The summed E-state index contributed by atoms with van der Waals surface area (Å²) in [5.41, 5.74) is 1.09. The lowest BCUT2D eigenvalue weighted by molar-refractivity contribution is 0.569. The van der Waals surface area contributed by atoms with Gasteiger partial charge in [-0.3, -0.25) is 4.72 Å². The first-order valence-electron chi connectivity index (χ1n) is 6.59. The van der Waals surface area contributed by atoms with E-state index in [1.807, 2.05) is 32.9 Å². The van der Waals surface area contributed by atoms with Gasteiger partial charge in [-0.2, -0.15) is 0 Å². The molecule has 0 aliphatic heterocycles. The topological polar surface area (TPSA) is 46.2 Å². The second-order valence-corrected chi connectivity index (χ2v) is 7.48. The Morgan fingerprint density at radius 1 is 0.952 bits per heavy atom. The summed E-state index contributed by atoms with van der Waals surface area (Å²) in [6, 6.07) is 12.5. The molecule has 5 heteroatoms. The highest BCUT2D eigenvalue weighted by molar-refractivity contribution is 7.92. The van der Waals surface area contributed by atoms with E-state index in [1.165, 1.54) is 18.2 Å². The standard InChI is InChI=1S/C16H18FNO2S/c1-16(2,3)12-8-4-6-10-14(12)18-21(19,20)15-11-7-5-9-13(15)17/h4-11,18H,1-3H3. The molecular weight excluding hydrogens is 289 g/mol. The van der Waals surface area contributed by atoms with Crippen LogP contribution >= 0.6 is 0 Å². The van der Waals surface area contributed by atoms with E-state index in [2.05, 4.69) is 4.72 Å². The summed E-state index contributed by atoms with van der Waals surface area (Å²) in [5.74, 6) is -0.766. The molecule has 0 radical (unpaired) electrons. The Labute approximate surface area is 124 Å². The van der Waals surface area contributed by atoms with Crippen LogP contribution in [0.3, 0.4) is 0 Å². The summed E-state index contributed by atoms with van der Waals surface area (Å²) in [5, 5.41) is 0. The highest BCUT2D eigenvalue weighted by Gasteiger charge is 2.23. The second-order valence-electron chi connectivity index (χ2n) is 5.83. The molecule has 0 amide bonds. The Morgan fingerprint density at radius 2 is 1.52 bits per heavy atom. The fraction of sp³-hybridized carbons (Fsp3) is 0.250. The molecular formula is C16H18FNO2S. The van der Waals surface area contributed by atoms with Crippen molar-refractivity contribution < 1.29 is 12.8 Å². The average Bonchev–Trinajstić information content (AvgIpc) is 2.38. The molecule has 2 aromatic carbocycles. The first-order valence-corrected chi connectivity index (χ1v) is 8.07. The molecule has 0 atom stereocenters. The quantitative estimate of drug-likeness (QED) is 0.934. The predicted octanol–water partition coefficient (Wildman–Crippen LogP) is 3.92. The van der Waals surface area contributed by atoms with Crippen molar-refractivity contribution in [2.45, 2.75) is 31.1 Å². The van der Waals surface area contributed by atoms with E-state index in [1.54, 1.807) is 12.1 Å². The third kappa shape index (κ3) is 3.42. The van der Waals surface area contributed by atoms with E-state index in [9.17, 15) is 12.8 Å². The van der Waals surface area contributed by atoms with E-state index in [4.69, 9.17) is 0 Å². The van der Waals surface area contributed by atoms with Crippen molar-refractivity contribution in [1.29, 1.82) is 0 Å². The number of nitrogens with one attached hydrogen (secondary N) is 1. The maximum Gasteiger partial charge on any atom is 0.264 e. The fourth-order valence-corrected chi connectivity index (χ4v) is 3.25. The molecule has 3 nitrogen and oxygen atoms in total. The zero-order valence-corrected chi connectivity index (χ0v) is 13.0. The molecule has 21 heavy (non-hydrogen) atoms. The molecule has 0 heterocycles. The number of rotatable bonds is 3. The normalized spacial score (nSPS) is 12.2. The average molecular weight is 307 g/mol. The molecule has 2 rings (SSSR count). The third-order valence-electron chi connectivity index (χ3n) is 3.11. The first-order chi connectivity index (χ1) is 9.72. The number of sulfonamides is 1. The molecule has 0 saturated carbocycles. The van der Waals surface area contributed by atoms with Gasteiger partial charge in [-0.1, -0.05) is 51.1 Å². The lowest BCUT2D eigenvalue weighted by Gasteiger charge is -2.23. The highest BCUT2D eigenvalue weighted by atomic mass is 32.2. The van der Waals surface area contributed by atoms with Crippen LogP contribution in [0, 0.1) is 5.82 Å². The Balaban J connectivity index is 2.46. The van der Waals surface area contributed by atoms with Crippen LogP contribution in [0.25, 0.3) is 0 Å². The van der Waals surface area contributed by atoms with Crippen molar-refractivity contribution in [1.82, 2.24) is 0 Å². The van der Waals surface area contributed by atoms with Gasteiger partial charge in [-0.05, 0) is 29.2 Å². The summed E-state index contributed by atoms with van der Waals surface area (Å²) < 4.78 is 40.9. The van der Waals surface area contributed by atoms with Gasteiger partial charge in [0.05, 0.1) is 5.69 Å². The molecule has 0 aromatic heterocycles. The lowest BCUT2D eigenvalue weighted by atomic mass is 9.86. The lowest BCUT2D eigenvalue weighted by Crippen LogP contribution is -2.19. The van der Waals surface area contributed by atoms with Crippen LogP contribution in [0.4, 0.5) is 10.1 Å². The van der Waals surface area contributed by atoms with Gasteiger partial charge in [0.2, 0.25) is 0 Å². The Hall–Kier alpha value is -1.88. The second kappa shape index (κ2) is 5.48. The van der Waals surface area contributed by atoms with Crippen molar-refractivity contribution in [3.05, 3.63) is 59.9 Å². The molecule has 0 spiro atoms. The smallest absolute Gasteiger partial charge is 0.264 e. The van der Waals surface area contributed by atoms with Crippen LogP contribution in [0.1, 0.15) is 26.3 Å². The molecule has 0 bridgehead atoms. The first kappa shape index (κ1) is 15.5. The molecule has 0 unspecified atom stereocenters. The van der Waals surface area contributed by atoms with Gasteiger partial charge < -0.3 is 0 Å². The number of hydrogen-bond acceptors (Lipinski definition) is 2. The summed E-state index contributed by atoms with van der Waals surface area (Å²) in [4.78, 5) is -0.353. The van der Waals surface area contributed by atoms with Crippen LogP contribution in [-0.4, -0.2) is 8.42 Å². The van der Waals surface area contributed by atoms with Gasteiger partial charge >= 0.3 is 0 Å². The Morgan fingerprint density at radius 3 is 2.14 bits per heavy atom. The van der Waals surface area contributed by atoms with E-state index in [0.717, 1.165) is 11.6 Å². The van der Waals surface area contributed by atoms with Gasteiger partial charge in [0, 0.05) is 0 Å². The molecule has 1 N–H and O–H groups in total. The van der Waals surface area contributed by atoms with Crippen LogP contribution < -0.4 is 4.72 Å². The number of para-hydroxylation sites is 1. The van der Waals surface area contributed by atoms with Crippen LogP contribution in [0.2, 0.25) is 0 Å². The summed E-state index contributed by atoms with van der Waals surface area (Å²) in [6.07, 6.45) is 0. The van der Waals surface area contributed by atoms with E-state index >= 15 is 0 Å². The van der Waals surface area contributed by atoms with Crippen molar-refractivity contribution in [3.8, 4) is 0 Å². The monoisotopic (exact) mass is 307 g/mol. The van der Waals surface area contributed by atoms with Gasteiger partial charge in [-0.15, -0.1) is 0 Å². The van der Waals surface area contributed by atoms with E-state index < -0.39 is 15.8 Å². The minimum atomic E-state index is -3.95.